The quantitative estimate of drug-likeness (QED) is 0.606. The molecule has 0 rings (SSSR count). The Morgan fingerprint density at radius 3 is 2.12 bits per heavy atom. The first-order valence-corrected chi connectivity index (χ1v) is 8.46. The fourth-order valence-corrected chi connectivity index (χ4v) is 2.32. The zero-order valence-corrected chi connectivity index (χ0v) is 12.1. The zero-order chi connectivity index (χ0) is 12.4. The molecule has 0 aliphatic rings. The van der Waals surface area contributed by atoms with Crippen molar-refractivity contribution in [2.24, 2.45) is 5.92 Å². The van der Waals surface area contributed by atoms with Gasteiger partial charge in [0.05, 0.1) is 0 Å². The number of Topliss-reactive ketones (excluding diaryl/α,β-unsaturated/α-hetero) is 2. The Morgan fingerprint density at radius 2 is 1.62 bits per heavy atom. The standard InChI is InChI=1S/C12H22O2S2/c1-4-10(12(14)6-8-16-3)9-11(13)5-7-15-2/h10H,4-9H2,1-3H3/t10-/m0/s1. The third-order valence-electron chi connectivity index (χ3n) is 2.56. The van der Waals surface area contributed by atoms with E-state index in [1.54, 1.807) is 23.5 Å². The van der Waals surface area contributed by atoms with E-state index in [-0.39, 0.29) is 17.5 Å². The van der Waals surface area contributed by atoms with Crippen LogP contribution in [0.4, 0.5) is 0 Å². The van der Waals surface area contributed by atoms with Crippen LogP contribution in [0.3, 0.4) is 0 Å². The van der Waals surface area contributed by atoms with Gasteiger partial charge in [0.25, 0.3) is 0 Å². The van der Waals surface area contributed by atoms with Gasteiger partial charge in [-0.25, -0.2) is 0 Å². The summed E-state index contributed by atoms with van der Waals surface area (Å²) in [5, 5.41) is 0. The summed E-state index contributed by atoms with van der Waals surface area (Å²) in [4.78, 5) is 23.4. The van der Waals surface area contributed by atoms with Gasteiger partial charge in [-0.05, 0) is 30.4 Å². The zero-order valence-electron chi connectivity index (χ0n) is 10.5. The minimum Gasteiger partial charge on any atom is -0.300 e. The van der Waals surface area contributed by atoms with E-state index in [0.717, 1.165) is 17.9 Å². The van der Waals surface area contributed by atoms with Gasteiger partial charge in [0, 0.05) is 25.2 Å². The van der Waals surface area contributed by atoms with Gasteiger partial charge in [0.15, 0.2) is 0 Å². The van der Waals surface area contributed by atoms with Gasteiger partial charge in [0.2, 0.25) is 0 Å². The van der Waals surface area contributed by atoms with Crippen LogP contribution in [0, 0.1) is 5.92 Å². The highest BCUT2D eigenvalue weighted by Crippen LogP contribution is 2.15. The number of carbonyl (C=O) groups excluding carboxylic acids is 2. The predicted molar refractivity (Wildman–Crippen MR) is 74.4 cm³/mol. The lowest BCUT2D eigenvalue weighted by Crippen LogP contribution is -2.18. The lowest BCUT2D eigenvalue weighted by atomic mass is 9.93. The molecule has 0 radical (unpaired) electrons. The van der Waals surface area contributed by atoms with Gasteiger partial charge in [-0.2, -0.15) is 23.5 Å². The van der Waals surface area contributed by atoms with Gasteiger partial charge < -0.3 is 0 Å². The van der Waals surface area contributed by atoms with Crippen molar-refractivity contribution in [1.29, 1.82) is 0 Å². The normalized spacial score (nSPS) is 12.4. The summed E-state index contributed by atoms with van der Waals surface area (Å²) in [5.41, 5.74) is 0. The Hall–Kier alpha value is 0.0400. The minimum atomic E-state index is -0.0403. The molecule has 0 saturated heterocycles. The van der Waals surface area contributed by atoms with Crippen LogP contribution in [0.25, 0.3) is 0 Å². The Morgan fingerprint density at radius 1 is 1.06 bits per heavy atom. The molecule has 0 unspecified atom stereocenters. The van der Waals surface area contributed by atoms with Crippen LogP contribution in [0.5, 0.6) is 0 Å². The van der Waals surface area contributed by atoms with Crippen LogP contribution in [0.15, 0.2) is 0 Å². The molecule has 0 amide bonds. The maximum absolute atomic E-state index is 11.8. The van der Waals surface area contributed by atoms with Crippen molar-refractivity contribution in [3.8, 4) is 0 Å². The summed E-state index contributed by atoms with van der Waals surface area (Å²) in [6, 6.07) is 0. The molecule has 0 aromatic heterocycles. The van der Waals surface area contributed by atoms with E-state index in [4.69, 9.17) is 0 Å². The van der Waals surface area contributed by atoms with Crippen molar-refractivity contribution in [2.75, 3.05) is 24.0 Å². The molecule has 0 aromatic rings. The molecule has 1 atom stereocenters. The monoisotopic (exact) mass is 262 g/mol. The van der Waals surface area contributed by atoms with Crippen molar-refractivity contribution in [2.45, 2.75) is 32.6 Å². The maximum Gasteiger partial charge on any atom is 0.137 e. The van der Waals surface area contributed by atoms with E-state index in [1.165, 1.54) is 0 Å². The number of hydrogen-bond acceptors (Lipinski definition) is 4. The van der Waals surface area contributed by atoms with Crippen molar-refractivity contribution in [3.05, 3.63) is 0 Å². The lowest BCUT2D eigenvalue weighted by Gasteiger charge is -2.12. The topological polar surface area (TPSA) is 34.1 Å². The largest absolute Gasteiger partial charge is 0.300 e. The Bertz CT molecular complexity index is 217. The molecular formula is C12H22O2S2. The van der Waals surface area contributed by atoms with Gasteiger partial charge in [-0.3, -0.25) is 9.59 Å². The van der Waals surface area contributed by atoms with Crippen molar-refractivity contribution < 1.29 is 9.59 Å². The summed E-state index contributed by atoms with van der Waals surface area (Å²) < 4.78 is 0. The van der Waals surface area contributed by atoms with Crippen LogP contribution in [0.1, 0.15) is 32.6 Å². The first kappa shape index (κ1) is 16.0. The van der Waals surface area contributed by atoms with Crippen LogP contribution >= 0.6 is 23.5 Å². The highest BCUT2D eigenvalue weighted by atomic mass is 32.2. The van der Waals surface area contributed by atoms with Gasteiger partial charge >= 0.3 is 0 Å². The Balaban J connectivity index is 3.97. The molecule has 0 fully saturated rings. The third kappa shape index (κ3) is 7.34. The molecule has 0 aromatic carbocycles. The molecule has 94 valence electrons. The highest BCUT2D eigenvalue weighted by molar-refractivity contribution is 7.98. The first-order valence-electron chi connectivity index (χ1n) is 5.68. The van der Waals surface area contributed by atoms with Crippen LogP contribution in [-0.4, -0.2) is 35.6 Å². The van der Waals surface area contributed by atoms with Gasteiger partial charge in [-0.15, -0.1) is 0 Å². The van der Waals surface area contributed by atoms with Gasteiger partial charge in [-0.1, -0.05) is 6.92 Å². The number of rotatable bonds is 10. The number of hydrogen-bond donors (Lipinski definition) is 0. The van der Waals surface area contributed by atoms with Crippen molar-refractivity contribution in [1.82, 2.24) is 0 Å². The summed E-state index contributed by atoms with van der Waals surface area (Å²) in [7, 11) is 0. The van der Waals surface area contributed by atoms with E-state index in [2.05, 4.69) is 0 Å². The second kappa shape index (κ2) is 10.2. The number of ketones is 2. The summed E-state index contributed by atoms with van der Waals surface area (Å²) in [6.07, 6.45) is 6.44. The molecule has 0 saturated carbocycles. The average molecular weight is 262 g/mol. The van der Waals surface area contributed by atoms with Crippen molar-refractivity contribution in [3.63, 3.8) is 0 Å². The first-order chi connectivity index (χ1) is 7.65. The van der Waals surface area contributed by atoms with Crippen LogP contribution in [0.2, 0.25) is 0 Å². The number of carbonyl (C=O) groups is 2. The molecule has 4 heteroatoms. The smallest absolute Gasteiger partial charge is 0.137 e. The van der Waals surface area contributed by atoms with Crippen LogP contribution < -0.4 is 0 Å². The summed E-state index contributed by atoms with van der Waals surface area (Å²) in [5.74, 6) is 2.19. The minimum absolute atomic E-state index is 0.0403. The average Bonchev–Trinajstić information content (AvgIpc) is 2.30. The molecular weight excluding hydrogens is 240 g/mol. The fourth-order valence-electron chi connectivity index (χ4n) is 1.49. The van der Waals surface area contributed by atoms with Crippen molar-refractivity contribution >= 4 is 35.1 Å². The summed E-state index contributed by atoms with van der Waals surface area (Å²) >= 11 is 3.36. The Labute approximate surface area is 107 Å². The third-order valence-corrected chi connectivity index (χ3v) is 3.78. The predicted octanol–water partition coefficient (Wildman–Crippen LogP) is 3.05. The van der Waals surface area contributed by atoms with E-state index in [1.807, 2.05) is 19.4 Å². The maximum atomic E-state index is 11.8. The van der Waals surface area contributed by atoms with E-state index in [9.17, 15) is 9.59 Å². The molecule has 0 bridgehead atoms. The number of thioether (sulfide) groups is 2. The van der Waals surface area contributed by atoms with Gasteiger partial charge in [0.1, 0.15) is 11.6 Å². The Kier molecular flexibility index (Phi) is 10.2. The van der Waals surface area contributed by atoms with Crippen LogP contribution in [-0.2, 0) is 9.59 Å². The molecule has 0 N–H and O–H groups in total. The molecule has 2 nitrogen and oxygen atoms in total. The molecule has 0 aliphatic carbocycles. The molecule has 0 heterocycles. The highest BCUT2D eigenvalue weighted by Gasteiger charge is 2.18. The fraction of sp³-hybridized carbons (Fsp3) is 0.833. The lowest BCUT2D eigenvalue weighted by molar-refractivity contribution is -0.127. The second-order valence-corrected chi connectivity index (χ2v) is 5.77. The molecule has 0 aliphatic heterocycles. The second-order valence-electron chi connectivity index (χ2n) is 3.80. The molecule has 16 heavy (non-hydrogen) atoms. The molecule has 0 spiro atoms. The van der Waals surface area contributed by atoms with E-state index >= 15 is 0 Å². The summed E-state index contributed by atoms with van der Waals surface area (Å²) in [6.45, 7) is 1.99. The van der Waals surface area contributed by atoms with E-state index in [0.29, 0.717) is 19.3 Å². The SMILES string of the molecule is CC[C@@H](CC(=O)CCSC)C(=O)CCSC. The van der Waals surface area contributed by atoms with E-state index < -0.39 is 0 Å².